The van der Waals surface area contributed by atoms with Crippen molar-refractivity contribution < 1.29 is 13.5 Å². The molecule has 1 heterocycles. The van der Waals surface area contributed by atoms with E-state index < -0.39 is 5.82 Å². The van der Waals surface area contributed by atoms with Gasteiger partial charge >= 0.3 is 0 Å². The zero-order valence-corrected chi connectivity index (χ0v) is 15.4. The summed E-state index contributed by atoms with van der Waals surface area (Å²) in [7, 11) is 0. The average Bonchev–Trinajstić information content (AvgIpc) is 3.01. The van der Waals surface area contributed by atoms with Crippen molar-refractivity contribution in [2.75, 3.05) is 19.8 Å². The van der Waals surface area contributed by atoms with Crippen LogP contribution in [0.1, 0.15) is 31.9 Å². The second-order valence-electron chi connectivity index (χ2n) is 5.39. The molecule has 0 saturated carbocycles. The molecule has 1 N–H and O–H groups in total. The molecule has 0 aliphatic heterocycles. The number of rotatable bonds is 10. The fourth-order valence-electron chi connectivity index (χ4n) is 2.14. The average molecular weight is 376 g/mol. The third-order valence-electron chi connectivity index (χ3n) is 3.45. The van der Waals surface area contributed by atoms with Crippen molar-refractivity contribution in [2.24, 2.45) is 0 Å². The lowest BCUT2D eigenvalue weighted by atomic mass is 10.2. The van der Waals surface area contributed by atoms with Crippen LogP contribution in [0.2, 0.25) is 5.02 Å². The van der Waals surface area contributed by atoms with Gasteiger partial charge in [-0.15, -0.1) is 12.4 Å². The molecule has 6 heteroatoms. The summed E-state index contributed by atoms with van der Waals surface area (Å²) in [5, 5.41) is 3.42. The molecule has 2 aromatic rings. The van der Waals surface area contributed by atoms with Crippen LogP contribution in [-0.2, 0) is 11.3 Å². The van der Waals surface area contributed by atoms with Gasteiger partial charge in [-0.05, 0) is 49.7 Å². The van der Waals surface area contributed by atoms with Gasteiger partial charge < -0.3 is 14.5 Å². The van der Waals surface area contributed by atoms with Crippen LogP contribution in [0.15, 0.2) is 34.7 Å². The van der Waals surface area contributed by atoms with Crippen LogP contribution in [-0.4, -0.2) is 19.8 Å². The summed E-state index contributed by atoms with van der Waals surface area (Å²) in [5.74, 6) is 1.10. The van der Waals surface area contributed by atoms with Crippen molar-refractivity contribution >= 4 is 24.0 Å². The van der Waals surface area contributed by atoms with Crippen LogP contribution in [0.25, 0.3) is 11.3 Å². The number of nitrogens with one attached hydrogen (secondary N) is 1. The molecule has 24 heavy (non-hydrogen) atoms. The second kappa shape index (κ2) is 11.5. The van der Waals surface area contributed by atoms with Gasteiger partial charge in [0.25, 0.3) is 0 Å². The van der Waals surface area contributed by atoms with Crippen molar-refractivity contribution in [3.05, 3.63) is 46.9 Å². The van der Waals surface area contributed by atoms with Crippen molar-refractivity contribution in [2.45, 2.75) is 32.7 Å². The van der Waals surface area contributed by atoms with Gasteiger partial charge in [-0.3, -0.25) is 0 Å². The number of ether oxygens (including phenoxy) is 1. The second-order valence-corrected chi connectivity index (χ2v) is 5.80. The maximum atomic E-state index is 13.2. The van der Waals surface area contributed by atoms with E-state index in [9.17, 15) is 4.39 Å². The van der Waals surface area contributed by atoms with Crippen molar-refractivity contribution in [1.82, 2.24) is 5.32 Å². The summed E-state index contributed by atoms with van der Waals surface area (Å²) in [5.41, 5.74) is 0.770. The van der Waals surface area contributed by atoms with Crippen molar-refractivity contribution in [3.8, 4) is 11.3 Å². The van der Waals surface area contributed by atoms with E-state index in [2.05, 4.69) is 12.2 Å². The van der Waals surface area contributed by atoms with Gasteiger partial charge in [0.1, 0.15) is 17.3 Å². The van der Waals surface area contributed by atoms with Gasteiger partial charge in [0, 0.05) is 18.8 Å². The molecule has 3 nitrogen and oxygen atoms in total. The first-order valence-corrected chi connectivity index (χ1v) is 8.41. The zero-order valence-electron chi connectivity index (χ0n) is 13.8. The summed E-state index contributed by atoms with van der Waals surface area (Å²) in [6.45, 7) is 5.32. The third-order valence-corrected chi connectivity index (χ3v) is 3.74. The molecule has 2 rings (SSSR count). The van der Waals surface area contributed by atoms with Gasteiger partial charge in [0.2, 0.25) is 0 Å². The molecular weight excluding hydrogens is 352 g/mol. The molecule has 0 atom stereocenters. The van der Waals surface area contributed by atoms with E-state index in [1.165, 1.54) is 12.5 Å². The molecular formula is C18H24Cl2FNO2. The molecule has 1 aromatic carbocycles. The molecule has 0 spiro atoms. The zero-order chi connectivity index (χ0) is 16.5. The standard InChI is InChI=1S/C18H23ClFNO2.ClH/c1-2-3-10-22-11-4-9-21-13-15-6-8-18(23-15)14-5-7-17(20)16(19)12-14;/h5-8,12,21H,2-4,9-11,13H2,1H3;1H. The highest BCUT2D eigenvalue weighted by Gasteiger charge is 2.07. The highest BCUT2D eigenvalue weighted by molar-refractivity contribution is 6.31. The summed E-state index contributed by atoms with van der Waals surface area (Å²) in [4.78, 5) is 0. The van der Waals surface area contributed by atoms with E-state index in [1.807, 2.05) is 12.1 Å². The number of hydrogen-bond donors (Lipinski definition) is 1. The Morgan fingerprint density at radius 1 is 1.17 bits per heavy atom. The van der Waals surface area contributed by atoms with Gasteiger partial charge in [0.15, 0.2) is 0 Å². The Morgan fingerprint density at radius 2 is 1.96 bits per heavy atom. The maximum absolute atomic E-state index is 13.2. The van der Waals surface area contributed by atoms with E-state index >= 15 is 0 Å². The molecule has 134 valence electrons. The minimum atomic E-state index is -0.426. The minimum absolute atomic E-state index is 0. The van der Waals surface area contributed by atoms with Gasteiger partial charge in [0.05, 0.1) is 11.6 Å². The van der Waals surface area contributed by atoms with E-state index in [4.69, 9.17) is 20.8 Å². The van der Waals surface area contributed by atoms with Crippen LogP contribution in [0.5, 0.6) is 0 Å². The maximum Gasteiger partial charge on any atom is 0.141 e. The van der Waals surface area contributed by atoms with Gasteiger partial charge in [-0.2, -0.15) is 0 Å². The third kappa shape index (κ3) is 6.81. The van der Waals surface area contributed by atoms with E-state index in [0.29, 0.717) is 12.3 Å². The smallest absolute Gasteiger partial charge is 0.141 e. The summed E-state index contributed by atoms with van der Waals surface area (Å²) in [6, 6.07) is 8.36. The topological polar surface area (TPSA) is 34.4 Å². The monoisotopic (exact) mass is 375 g/mol. The highest BCUT2D eigenvalue weighted by Crippen LogP contribution is 2.26. The predicted molar refractivity (Wildman–Crippen MR) is 98.4 cm³/mol. The van der Waals surface area contributed by atoms with E-state index in [-0.39, 0.29) is 17.4 Å². The Balaban J connectivity index is 0.00000288. The van der Waals surface area contributed by atoms with E-state index in [0.717, 1.165) is 43.9 Å². The fraction of sp³-hybridized carbons (Fsp3) is 0.444. The number of furan rings is 1. The molecule has 0 radical (unpaired) electrons. The van der Waals surface area contributed by atoms with Crippen LogP contribution in [0.3, 0.4) is 0 Å². The normalized spacial score (nSPS) is 10.6. The number of unbranched alkanes of at least 4 members (excludes halogenated alkanes) is 1. The van der Waals surface area contributed by atoms with Crippen LogP contribution in [0.4, 0.5) is 4.39 Å². The SMILES string of the molecule is CCCCOCCCNCc1ccc(-c2ccc(F)c(Cl)c2)o1.Cl. The van der Waals surface area contributed by atoms with Gasteiger partial charge in [-0.25, -0.2) is 4.39 Å². The Hall–Kier alpha value is -1.07. The molecule has 0 fully saturated rings. The fourth-order valence-corrected chi connectivity index (χ4v) is 2.32. The summed E-state index contributed by atoms with van der Waals surface area (Å²) >= 11 is 5.79. The lowest BCUT2D eigenvalue weighted by Crippen LogP contribution is -2.16. The van der Waals surface area contributed by atoms with Gasteiger partial charge in [-0.1, -0.05) is 24.9 Å². The molecule has 0 aliphatic carbocycles. The lowest BCUT2D eigenvalue weighted by molar-refractivity contribution is 0.128. The molecule has 0 aliphatic rings. The first-order chi connectivity index (χ1) is 11.2. The van der Waals surface area contributed by atoms with E-state index in [1.54, 1.807) is 12.1 Å². The first-order valence-electron chi connectivity index (χ1n) is 8.03. The molecule has 0 bridgehead atoms. The summed E-state index contributed by atoms with van der Waals surface area (Å²) < 4.78 is 24.4. The van der Waals surface area contributed by atoms with Crippen molar-refractivity contribution in [3.63, 3.8) is 0 Å². The van der Waals surface area contributed by atoms with Crippen LogP contribution >= 0.6 is 24.0 Å². The number of halogens is 3. The first kappa shape index (κ1) is 21.0. The largest absolute Gasteiger partial charge is 0.460 e. The quantitative estimate of drug-likeness (QED) is 0.560. The Bertz CT molecular complexity index is 604. The Kier molecular flexibility index (Phi) is 10.0. The molecule has 0 amide bonds. The van der Waals surface area contributed by atoms with Crippen LogP contribution in [0, 0.1) is 5.82 Å². The minimum Gasteiger partial charge on any atom is -0.460 e. The molecule has 1 aromatic heterocycles. The lowest BCUT2D eigenvalue weighted by Gasteiger charge is -2.04. The van der Waals surface area contributed by atoms with Crippen molar-refractivity contribution in [1.29, 1.82) is 0 Å². The highest BCUT2D eigenvalue weighted by atomic mass is 35.5. The number of hydrogen-bond acceptors (Lipinski definition) is 3. The van der Waals surface area contributed by atoms with Crippen LogP contribution < -0.4 is 5.32 Å². The molecule has 0 saturated heterocycles. The summed E-state index contributed by atoms with van der Waals surface area (Å²) in [6.07, 6.45) is 3.26. The number of benzene rings is 1. The molecule has 0 unspecified atom stereocenters. The predicted octanol–water partition coefficient (Wildman–Crippen LogP) is 5.46. The Labute approximate surface area is 153 Å². The Morgan fingerprint density at radius 3 is 2.71 bits per heavy atom.